The molecule has 0 spiro atoms. The summed E-state index contributed by atoms with van der Waals surface area (Å²) in [5.41, 5.74) is 12.5. The summed E-state index contributed by atoms with van der Waals surface area (Å²) in [7, 11) is 0. The molecule has 1 heterocycles. The predicted octanol–water partition coefficient (Wildman–Crippen LogP) is 2.05. The van der Waals surface area contributed by atoms with E-state index in [0.717, 1.165) is 0 Å². The largest absolute Gasteiger partial charge is 0.384 e. The van der Waals surface area contributed by atoms with Gasteiger partial charge in [-0.3, -0.25) is 0 Å². The summed E-state index contributed by atoms with van der Waals surface area (Å²) in [6.45, 7) is 0. The third-order valence-corrected chi connectivity index (χ3v) is 2.08. The van der Waals surface area contributed by atoms with E-state index in [1.807, 2.05) is 0 Å². The van der Waals surface area contributed by atoms with E-state index < -0.39 is 0 Å². The lowest BCUT2D eigenvalue weighted by atomic mass is 10.1. The van der Waals surface area contributed by atoms with Crippen molar-refractivity contribution < 1.29 is 4.39 Å². The van der Waals surface area contributed by atoms with Crippen LogP contribution in [-0.2, 0) is 0 Å². The molecule has 0 bridgehead atoms. The highest BCUT2D eigenvalue weighted by Crippen LogP contribution is 2.25. The van der Waals surface area contributed by atoms with E-state index in [1.165, 1.54) is 12.1 Å². The van der Waals surface area contributed by atoms with Crippen LogP contribution in [0.5, 0.6) is 0 Å². The lowest BCUT2D eigenvalue weighted by Crippen LogP contribution is -1.98. The maximum atomic E-state index is 13.0. The first kappa shape index (κ1) is 9.45. The Morgan fingerprint density at radius 2 is 1.87 bits per heavy atom. The Morgan fingerprint density at radius 3 is 2.53 bits per heavy atom. The van der Waals surface area contributed by atoms with Gasteiger partial charge in [0.15, 0.2) is 0 Å². The molecule has 1 aromatic carbocycles. The highest BCUT2D eigenvalue weighted by atomic mass is 19.1. The third-order valence-electron chi connectivity index (χ3n) is 2.08. The highest BCUT2D eigenvalue weighted by Gasteiger charge is 2.04. The van der Waals surface area contributed by atoms with Crippen molar-refractivity contribution in [2.75, 3.05) is 11.5 Å². The van der Waals surface area contributed by atoms with Crippen LogP contribution in [0.15, 0.2) is 36.4 Å². The Labute approximate surface area is 86.6 Å². The topological polar surface area (TPSA) is 64.9 Å². The van der Waals surface area contributed by atoms with Gasteiger partial charge in [-0.2, -0.15) is 0 Å². The Kier molecular flexibility index (Phi) is 2.25. The van der Waals surface area contributed by atoms with Crippen LogP contribution in [0.1, 0.15) is 0 Å². The van der Waals surface area contributed by atoms with E-state index >= 15 is 0 Å². The van der Waals surface area contributed by atoms with E-state index in [9.17, 15) is 4.39 Å². The van der Waals surface area contributed by atoms with Crippen LogP contribution in [0.25, 0.3) is 11.1 Å². The van der Waals surface area contributed by atoms with Gasteiger partial charge >= 0.3 is 0 Å². The van der Waals surface area contributed by atoms with E-state index in [-0.39, 0.29) is 5.82 Å². The Morgan fingerprint density at radius 1 is 1.07 bits per heavy atom. The van der Waals surface area contributed by atoms with Gasteiger partial charge in [0.2, 0.25) is 0 Å². The molecule has 0 aliphatic heterocycles. The second kappa shape index (κ2) is 3.57. The lowest BCUT2D eigenvalue weighted by molar-refractivity contribution is 0.628. The molecule has 2 aromatic rings. The van der Waals surface area contributed by atoms with Gasteiger partial charge in [0.05, 0.1) is 0 Å². The molecule has 3 nitrogen and oxygen atoms in total. The number of nitrogens with two attached hydrogens (primary N) is 2. The second-order valence-electron chi connectivity index (χ2n) is 3.18. The Hall–Kier alpha value is -2.10. The monoisotopic (exact) mass is 203 g/mol. The quantitative estimate of drug-likeness (QED) is 0.745. The van der Waals surface area contributed by atoms with E-state index in [2.05, 4.69) is 4.98 Å². The fourth-order valence-electron chi connectivity index (χ4n) is 1.39. The van der Waals surface area contributed by atoms with E-state index in [0.29, 0.717) is 22.8 Å². The number of nitrogens with zero attached hydrogens (tertiary/aromatic N) is 1. The lowest BCUT2D eigenvalue weighted by Gasteiger charge is -2.05. The fraction of sp³-hybridized carbons (Fsp3) is 0. The number of anilines is 2. The van der Waals surface area contributed by atoms with Crippen molar-refractivity contribution in [1.29, 1.82) is 0 Å². The maximum absolute atomic E-state index is 13.0. The van der Waals surface area contributed by atoms with Crippen LogP contribution in [0.4, 0.5) is 16.0 Å². The van der Waals surface area contributed by atoms with Crippen LogP contribution in [-0.4, -0.2) is 4.98 Å². The molecule has 0 aliphatic carbocycles. The first-order valence-corrected chi connectivity index (χ1v) is 4.45. The smallest absolute Gasteiger partial charge is 0.133 e. The van der Waals surface area contributed by atoms with Crippen LogP contribution >= 0.6 is 0 Å². The summed E-state index contributed by atoms with van der Waals surface area (Å²) >= 11 is 0. The highest BCUT2D eigenvalue weighted by molar-refractivity contribution is 5.74. The van der Waals surface area contributed by atoms with Gasteiger partial charge in [-0.1, -0.05) is 12.1 Å². The van der Waals surface area contributed by atoms with Crippen LogP contribution < -0.4 is 11.5 Å². The second-order valence-corrected chi connectivity index (χ2v) is 3.18. The van der Waals surface area contributed by atoms with Gasteiger partial charge in [0.25, 0.3) is 0 Å². The molecule has 1 aromatic heterocycles. The Bertz CT molecular complexity index is 497. The number of hydrogen-bond acceptors (Lipinski definition) is 3. The molecule has 0 fully saturated rings. The molecule has 4 N–H and O–H groups in total. The van der Waals surface area contributed by atoms with Gasteiger partial charge < -0.3 is 11.5 Å². The summed E-state index contributed by atoms with van der Waals surface area (Å²) in [5, 5.41) is 0. The number of nitrogen functional groups attached to an aromatic ring is 2. The van der Waals surface area contributed by atoms with Gasteiger partial charge in [-0.05, 0) is 29.8 Å². The van der Waals surface area contributed by atoms with E-state index in [4.69, 9.17) is 11.5 Å². The normalized spacial score (nSPS) is 10.2. The van der Waals surface area contributed by atoms with Crippen molar-refractivity contribution in [3.8, 4) is 11.1 Å². The number of benzene rings is 1. The fourth-order valence-corrected chi connectivity index (χ4v) is 1.39. The number of rotatable bonds is 1. The van der Waals surface area contributed by atoms with Gasteiger partial charge in [0.1, 0.15) is 17.5 Å². The van der Waals surface area contributed by atoms with Crippen molar-refractivity contribution in [2.24, 2.45) is 0 Å². The molecule has 4 heteroatoms. The molecule has 0 aliphatic rings. The minimum Gasteiger partial charge on any atom is -0.384 e. The zero-order chi connectivity index (χ0) is 10.8. The first-order chi connectivity index (χ1) is 7.16. The Balaban J connectivity index is 2.54. The van der Waals surface area contributed by atoms with Crippen molar-refractivity contribution in [1.82, 2.24) is 4.98 Å². The molecule has 0 radical (unpaired) electrons. The van der Waals surface area contributed by atoms with Crippen LogP contribution in [0, 0.1) is 5.82 Å². The zero-order valence-corrected chi connectivity index (χ0v) is 7.94. The minimum absolute atomic E-state index is 0.302. The molecule has 15 heavy (non-hydrogen) atoms. The van der Waals surface area contributed by atoms with E-state index in [1.54, 1.807) is 24.3 Å². The summed E-state index contributed by atoms with van der Waals surface area (Å²) in [6, 6.07) is 9.55. The number of hydrogen-bond donors (Lipinski definition) is 2. The molecule has 0 saturated heterocycles. The molecule has 76 valence electrons. The zero-order valence-electron chi connectivity index (χ0n) is 7.94. The van der Waals surface area contributed by atoms with Crippen molar-refractivity contribution in [2.45, 2.75) is 0 Å². The molecule has 0 saturated carbocycles. The summed E-state index contributed by atoms with van der Waals surface area (Å²) in [6.07, 6.45) is 0. The SMILES string of the molecule is Nc1ccc(-c2cccc(F)c2)c(N)n1. The van der Waals surface area contributed by atoms with Crippen molar-refractivity contribution in [3.05, 3.63) is 42.2 Å². The molecular formula is C11H10FN3. The van der Waals surface area contributed by atoms with Gasteiger partial charge in [0, 0.05) is 5.56 Å². The number of aromatic nitrogens is 1. The molecule has 0 amide bonds. The summed E-state index contributed by atoms with van der Waals surface area (Å²) in [4.78, 5) is 3.91. The number of pyridine rings is 1. The van der Waals surface area contributed by atoms with Gasteiger partial charge in [-0.25, -0.2) is 9.37 Å². The molecular weight excluding hydrogens is 193 g/mol. The predicted molar refractivity (Wildman–Crippen MR) is 58.5 cm³/mol. The molecule has 0 atom stereocenters. The average molecular weight is 203 g/mol. The van der Waals surface area contributed by atoms with Crippen molar-refractivity contribution in [3.63, 3.8) is 0 Å². The molecule has 2 rings (SSSR count). The third kappa shape index (κ3) is 1.88. The average Bonchev–Trinajstić information content (AvgIpc) is 2.17. The van der Waals surface area contributed by atoms with Gasteiger partial charge in [-0.15, -0.1) is 0 Å². The van der Waals surface area contributed by atoms with Crippen molar-refractivity contribution >= 4 is 11.6 Å². The minimum atomic E-state index is -0.302. The summed E-state index contributed by atoms with van der Waals surface area (Å²) < 4.78 is 13.0. The van der Waals surface area contributed by atoms with Crippen LogP contribution in [0.2, 0.25) is 0 Å². The molecule has 0 unspecified atom stereocenters. The van der Waals surface area contributed by atoms with Crippen LogP contribution in [0.3, 0.4) is 0 Å². The summed E-state index contributed by atoms with van der Waals surface area (Å²) in [5.74, 6) is 0.358. The maximum Gasteiger partial charge on any atom is 0.133 e. The standard InChI is InChI=1S/C11H10FN3/c12-8-3-1-2-7(6-8)9-4-5-10(13)15-11(9)14/h1-6H,(H4,13,14,15). The first-order valence-electron chi connectivity index (χ1n) is 4.45. The number of halogens is 1.